The lowest BCUT2D eigenvalue weighted by Gasteiger charge is -2.35. The van der Waals surface area contributed by atoms with Gasteiger partial charge in [0.1, 0.15) is 0 Å². The van der Waals surface area contributed by atoms with E-state index in [0.29, 0.717) is 26.2 Å². The average molecular weight is 430 g/mol. The molecule has 2 fully saturated rings. The van der Waals surface area contributed by atoms with E-state index in [1.54, 1.807) is 29.2 Å². The van der Waals surface area contributed by atoms with E-state index in [-0.39, 0.29) is 17.0 Å². The van der Waals surface area contributed by atoms with Crippen LogP contribution in [0, 0.1) is 0 Å². The van der Waals surface area contributed by atoms with Crippen molar-refractivity contribution in [3.05, 3.63) is 28.7 Å². The van der Waals surface area contributed by atoms with Crippen LogP contribution in [0.25, 0.3) is 0 Å². The molecule has 1 aliphatic heterocycles. The van der Waals surface area contributed by atoms with Gasteiger partial charge in [-0.2, -0.15) is 4.31 Å². The number of carbonyl (C=O) groups excluding carboxylic acids is 1. The summed E-state index contributed by atoms with van der Waals surface area (Å²) in [5.74, 6) is 0. The zero-order valence-corrected chi connectivity index (χ0v) is 16.6. The Morgan fingerprint density at radius 3 is 2.40 bits per heavy atom. The van der Waals surface area contributed by atoms with Gasteiger partial charge in [-0.3, -0.25) is 0 Å². The Bertz CT molecular complexity index is 712. The van der Waals surface area contributed by atoms with Gasteiger partial charge in [0, 0.05) is 36.7 Å². The van der Waals surface area contributed by atoms with Gasteiger partial charge in [-0.25, -0.2) is 13.2 Å². The highest BCUT2D eigenvalue weighted by molar-refractivity contribution is 9.10. The molecule has 1 heterocycles. The number of rotatable bonds is 3. The fourth-order valence-corrected chi connectivity index (χ4v) is 5.44. The van der Waals surface area contributed by atoms with Crippen LogP contribution < -0.4 is 5.32 Å². The van der Waals surface area contributed by atoms with E-state index in [0.717, 1.165) is 17.3 Å². The third-order valence-electron chi connectivity index (χ3n) is 4.89. The van der Waals surface area contributed by atoms with Crippen molar-refractivity contribution in [2.45, 2.75) is 43.0 Å². The monoisotopic (exact) mass is 429 g/mol. The molecule has 25 heavy (non-hydrogen) atoms. The van der Waals surface area contributed by atoms with Crippen molar-refractivity contribution >= 4 is 32.0 Å². The quantitative estimate of drug-likeness (QED) is 0.802. The average Bonchev–Trinajstić information content (AvgIpc) is 2.62. The predicted molar refractivity (Wildman–Crippen MR) is 99.9 cm³/mol. The first kappa shape index (κ1) is 18.7. The molecular formula is C17H24BrN3O3S. The molecule has 3 rings (SSSR count). The number of piperazine rings is 1. The fraction of sp³-hybridized carbons (Fsp3) is 0.588. The van der Waals surface area contributed by atoms with Gasteiger partial charge in [-0.1, -0.05) is 41.3 Å². The van der Waals surface area contributed by atoms with Gasteiger partial charge < -0.3 is 10.2 Å². The number of halogens is 1. The Morgan fingerprint density at radius 2 is 1.76 bits per heavy atom. The SMILES string of the molecule is O=C(NC1CCCCC1)N1CCN(S(=O)(=O)c2cccc(Br)c2)CC1. The van der Waals surface area contributed by atoms with Crippen molar-refractivity contribution in [2.75, 3.05) is 26.2 Å². The van der Waals surface area contributed by atoms with Crippen LogP contribution in [0.2, 0.25) is 0 Å². The second-order valence-corrected chi connectivity index (χ2v) is 9.49. The number of urea groups is 1. The van der Waals surface area contributed by atoms with Crippen LogP contribution in [0.15, 0.2) is 33.6 Å². The zero-order valence-electron chi connectivity index (χ0n) is 14.2. The fourth-order valence-electron chi connectivity index (χ4n) is 3.42. The Hall–Kier alpha value is -1.12. The highest BCUT2D eigenvalue weighted by Gasteiger charge is 2.30. The standard InChI is InChI=1S/C17H24BrN3O3S/c18-14-5-4-8-16(13-14)25(23,24)21-11-9-20(10-12-21)17(22)19-15-6-2-1-3-7-15/h4-5,8,13,15H,1-3,6-7,9-12H2,(H,19,22). The lowest BCUT2D eigenvalue weighted by molar-refractivity contribution is 0.166. The number of nitrogens with one attached hydrogen (secondary N) is 1. The van der Waals surface area contributed by atoms with E-state index in [1.165, 1.54) is 23.6 Å². The molecule has 0 radical (unpaired) electrons. The molecular weight excluding hydrogens is 406 g/mol. The number of benzene rings is 1. The zero-order chi connectivity index (χ0) is 17.9. The van der Waals surface area contributed by atoms with Crippen molar-refractivity contribution in [3.63, 3.8) is 0 Å². The molecule has 8 heteroatoms. The molecule has 1 saturated heterocycles. The maximum absolute atomic E-state index is 12.7. The molecule has 1 N–H and O–H groups in total. The van der Waals surface area contributed by atoms with Crippen LogP contribution in [0.1, 0.15) is 32.1 Å². The normalized spacial score (nSPS) is 20.4. The van der Waals surface area contributed by atoms with E-state index in [9.17, 15) is 13.2 Å². The molecule has 0 aromatic heterocycles. The van der Waals surface area contributed by atoms with Crippen molar-refractivity contribution in [1.82, 2.24) is 14.5 Å². The summed E-state index contributed by atoms with van der Waals surface area (Å²) in [5, 5.41) is 3.09. The summed E-state index contributed by atoms with van der Waals surface area (Å²) < 4.78 is 27.6. The molecule has 6 nitrogen and oxygen atoms in total. The summed E-state index contributed by atoms with van der Waals surface area (Å²) in [7, 11) is -3.52. The Kier molecular flexibility index (Phi) is 6.01. The maximum Gasteiger partial charge on any atom is 0.317 e. The van der Waals surface area contributed by atoms with E-state index in [4.69, 9.17) is 0 Å². The largest absolute Gasteiger partial charge is 0.335 e. The van der Waals surface area contributed by atoms with Gasteiger partial charge in [0.05, 0.1) is 4.90 Å². The first-order valence-electron chi connectivity index (χ1n) is 8.78. The van der Waals surface area contributed by atoms with E-state index >= 15 is 0 Å². The van der Waals surface area contributed by atoms with Crippen LogP contribution in [0.3, 0.4) is 0 Å². The number of carbonyl (C=O) groups is 1. The molecule has 1 aromatic rings. The number of hydrogen-bond acceptors (Lipinski definition) is 3. The number of nitrogens with zero attached hydrogens (tertiary/aromatic N) is 2. The van der Waals surface area contributed by atoms with E-state index in [1.807, 2.05) is 0 Å². The Labute approximate surface area is 157 Å². The second-order valence-electron chi connectivity index (χ2n) is 6.63. The van der Waals surface area contributed by atoms with Crippen LogP contribution in [0.4, 0.5) is 4.79 Å². The van der Waals surface area contributed by atoms with Gasteiger partial charge in [0.15, 0.2) is 0 Å². The van der Waals surface area contributed by atoms with Crippen molar-refractivity contribution in [1.29, 1.82) is 0 Å². The minimum atomic E-state index is -3.52. The van der Waals surface area contributed by atoms with Gasteiger partial charge in [-0.05, 0) is 31.0 Å². The van der Waals surface area contributed by atoms with Gasteiger partial charge >= 0.3 is 6.03 Å². The first-order valence-corrected chi connectivity index (χ1v) is 11.0. The van der Waals surface area contributed by atoms with Crippen LogP contribution in [-0.2, 0) is 10.0 Å². The lowest BCUT2D eigenvalue weighted by atomic mass is 9.96. The molecule has 138 valence electrons. The van der Waals surface area contributed by atoms with Gasteiger partial charge in [0.25, 0.3) is 0 Å². The minimum absolute atomic E-state index is 0.0635. The molecule has 0 bridgehead atoms. The number of amides is 2. The maximum atomic E-state index is 12.7. The predicted octanol–water partition coefficient (Wildman–Crippen LogP) is 2.80. The van der Waals surface area contributed by atoms with Crippen molar-refractivity contribution in [3.8, 4) is 0 Å². The Morgan fingerprint density at radius 1 is 1.08 bits per heavy atom. The third-order valence-corrected chi connectivity index (χ3v) is 7.28. The highest BCUT2D eigenvalue weighted by Crippen LogP contribution is 2.22. The van der Waals surface area contributed by atoms with Crippen molar-refractivity contribution < 1.29 is 13.2 Å². The summed E-state index contributed by atoms with van der Waals surface area (Å²) in [4.78, 5) is 14.4. The van der Waals surface area contributed by atoms with Crippen LogP contribution >= 0.6 is 15.9 Å². The van der Waals surface area contributed by atoms with Crippen molar-refractivity contribution in [2.24, 2.45) is 0 Å². The topological polar surface area (TPSA) is 69.7 Å². The molecule has 1 aliphatic carbocycles. The highest BCUT2D eigenvalue weighted by atomic mass is 79.9. The van der Waals surface area contributed by atoms with Crippen LogP contribution in [0.5, 0.6) is 0 Å². The number of hydrogen-bond donors (Lipinski definition) is 1. The van der Waals surface area contributed by atoms with E-state index in [2.05, 4.69) is 21.2 Å². The van der Waals surface area contributed by atoms with E-state index < -0.39 is 10.0 Å². The second kappa shape index (κ2) is 8.05. The number of sulfonamides is 1. The smallest absolute Gasteiger partial charge is 0.317 e. The lowest BCUT2D eigenvalue weighted by Crippen LogP contribution is -2.54. The van der Waals surface area contributed by atoms with Gasteiger partial charge in [0.2, 0.25) is 10.0 Å². The van der Waals surface area contributed by atoms with Gasteiger partial charge in [-0.15, -0.1) is 0 Å². The minimum Gasteiger partial charge on any atom is -0.335 e. The molecule has 1 aromatic carbocycles. The summed E-state index contributed by atoms with van der Waals surface area (Å²) in [5.41, 5.74) is 0. The Balaban J connectivity index is 1.56. The summed E-state index contributed by atoms with van der Waals surface area (Å²) in [6, 6.07) is 6.92. The molecule has 0 unspecified atom stereocenters. The molecule has 0 atom stereocenters. The van der Waals surface area contributed by atoms with Crippen LogP contribution in [-0.4, -0.2) is 55.9 Å². The molecule has 0 spiro atoms. The molecule has 2 amide bonds. The summed E-state index contributed by atoms with van der Waals surface area (Å²) in [6.07, 6.45) is 5.68. The third kappa shape index (κ3) is 4.54. The first-order chi connectivity index (χ1) is 12.0. The molecule has 1 saturated carbocycles. The summed E-state index contributed by atoms with van der Waals surface area (Å²) >= 11 is 3.31. The molecule has 2 aliphatic rings. The summed E-state index contributed by atoms with van der Waals surface area (Å²) in [6.45, 7) is 1.50.